The van der Waals surface area contributed by atoms with Crippen molar-refractivity contribution in [3.05, 3.63) is 92.5 Å². The lowest BCUT2D eigenvalue weighted by Gasteiger charge is -2.12. The fraction of sp³-hybridized carbons (Fsp3) is 0.258. The fourth-order valence-corrected chi connectivity index (χ4v) is 6.00. The maximum atomic E-state index is 13.4. The molecule has 8 heteroatoms. The molecular formula is C31H29ClN2O4S. The highest BCUT2D eigenvalue weighted by molar-refractivity contribution is 7.16. The number of furan rings is 1. The van der Waals surface area contributed by atoms with Gasteiger partial charge in [0.2, 0.25) is 0 Å². The molecule has 39 heavy (non-hydrogen) atoms. The lowest BCUT2D eigenvalue weighted by Crippen LogP contribution is -2.14. The molecule has 1 amide bonds. The molecule has 0 saturated heterocycles. The number of aryl methyl sites for hydroxylation is 2. The first-order valence-corrected chi connectivity index (χ1v) is 14.2. The first-order valence-electron chi connectivity index (χ1n) is 13.0. The molecule has 4 aromatic rings. The summed E-state index contributed by atoms with van der Waals surface area (Å²) in [7, 11) is 0. The molecule has 0 unspecified atom stereocenters. The highest BCUT2D eigenvalue weighted by atomic mass is 35.5. The van der Waals surface area contributed by atoms with Gasteiger partial charge in [0.25, 0.3) is 5.91 Å². The summed E-state index contributed by atoms with van der Waals surface area (Å²) >= 11 is 7.57. The van der Waals surface area contributed by atoms with Gasteiger partial charge < -0.3 is 14.5 Å². The molecule has 1 N–H and O–H groups in total. The van der Waals surface area contributed by atoms with Crippen LogP contribution in [0.3, 0.4) is 0 Å². The van der Waals surface area contributed by atoms with E-state index in [9.17, 15) is 9.59 Å². The number of benzene rings is 2. The largest absolute Gasteiger partial charge is 0.459 e. The van der Waals surface area contributed by atoms with Crippen LogP contribution < -0.4 is 5.32 Å². The lowest BCUT2D eigenvalue weighted by atomic mass is 9.95. The Balaban J connectivity index is 1.38. The van der Waals surface area contributed by atoms with E-state index in [1.807, 2.05) is 39.0 Å². The average Bonchev–Trinajstić information content (AvgIpc) is 3.53. The number of fused-ring (bicyclic) bond motifs is 1. The molecule has 200 valence electrons. The van der Waals surface area contributed by atoms with E-state index >= 15 is 0 Å². The number of halogens is 1. The number of ether oxygens (including phenoxy) is 1. The van der Waals surface area contributed by atoms with Gasteiger partial charge in [0.1, 0.15) is 16.5 Å². The van der Waals surface area contributed by atoms with Crippen LogP contribution in [0.1, 0.15) is 69.2 Å². The van der Waals surface area contributed by atoms with Crippen LogP contribution in [0.2, 0.25) is 5.02 Å². The SMILES string of the molecule is Cc1cc(C(=O)OC(C)C)ccc1-c1ccc(C=Nc2sc3c(c2C(=O)Nc2ccc(Cl)cc2)CCCC3)o1. The number of nitrogens with one attached hydrogen (secondary N) is 1. The Morgan fingerprint density at radius 2 is 1.85 bits per heavy atom. The van der Waals surface area contributed by atoms with E-state index < -0.39 is 0 Å². The Morgan fingerprint density at radius 1 is 1.08 bits per heavy atom. The topological polar surface area (TPSA) is 80.9 Å². The van der Waals surface area contributed by atoms with Crippen LogP contribution in [-0.4, -0.2) is 24.2 Å². The van der Waals surface area contributed by atoms with Crippen molar-refractivity contribution in [1.29, 1.82) is 0 Å². The number of hydrogen-bond donors (Lipinski definition) is 1. The molecular weight excluding hydrogens is 532 g/mol. The molecule has 0 bridgehead atoms. The first kappa shape index (κ1) is 26.9. The Bertz CT molecular complexity index is 1550. The van der Waals surface area contributed by atoms with Gasteiger partial charge in [-0.3, -0.25) is 4.79 Å². The van der Waals surface area contributed by atoms with Crippen molar-refractivity contribution in [1.82, 2.24) is 0 Å². The van der Waals surface area contributed by atoms with Crippen LogP contribution in [0.4, 0.5) is 10.7 Å². The molecule has 0 spiro atoms. The minimum atomic E-state index is -0.346. The highest BCUT2D eigenvalue weighted by Crippen LogP contribution is 2.40. The van der Waals surface area contributed by atoms with E-state index in [4.69, 9.17) is 25.7 Å². The fourth-order valence-electron chi connectivity index (χ4n) is 4.64. The highest BCUT2D eigenvalue weighted by Gasteiger charge is 2.25. The van der Waals surface area contributed by atoms with Crippen molar-refractivity contribution in [2.45, 2.75) is 52.6 Å². The molecule has 2 aromatic heterocycles. The molecule has 0 saturated carbocycles. The molecule has 5 rings (SSSR count). The first-order chi connectivity index (χ1) is 18.8. The normalized spacial score (nSPS) is 13.1. The van der Waals surface area contributed by atoms with Gasteiger partial charge in [-0.1, -0.05) is 17.7 Å². The third-order valence-corrected chi connectivity index (χ3v) is 7.94. The molecule has 0 atom stereocenters. The Hall–Kier alpha value is -3.68. The van der Waals surface area contributed by atoms with E-state index in [1.165, 1.54) is 4.88 Å². The quantitative estimate of drug-likeness (QED) is 0.182. The summed E-state index contributed by atoms with van der Waals surface area (Å²) in [6, 6.07) is 16.2. The number of anilines is 1. The smallest absolute Gasteiger partial charge is 0.338 e. The summed E-state index contributed by atoms with van der Waals surface area (Å²) in [4.78, 5) is 31.5. The third-order valence-electron chi connectivity index (χ3n) is 6.49. The van der Waals surface area contributed by atoms with Crippen molar-refractivity contribution >= 4 is 51.7 Å². The number of rotatable bonds is 7. The molecule has 1 aliphatic carbocycles. The molecule has 2 aromatic carbocycles. The number of carbonyl (C=O) groups excluding carboxylic acids is 2. The molecule has 2 heterocycles. The lowest BCUT2D eigenvalue weighted by molar-refractivity contribution is 0.0377. The van der Waals surface area contributed by atoms with Crippen LogP contribution in [0, 0.1) is 6.92 Å². The van der Waals surface area contributed by atoms with Gasteiger partial charge in [-0.05, 0) is 106 Å². The number of nitrogens with zero attached hydrogens (tertiary/aromatic N) is 1. The maximum absolute atomic E-state index is 13.4. The number of hydrogen-bond acceptors (Lipinski definition) is 6. The number of carbonyl (C=O) groups is 2. The second-order valence-electron chi connectivity index (χ2n) is 9.80. The molecule has 0 fully saturated rings. The standard InChI is InChI=1S/C31H29ClN2O4S/c1-18(2)37-31(36)20-8-14-24(19(3)16-20)26-15-13-23(38-26)17-33-30-28(25-6-4-5-7-27(25)39-30)29(35)34-22-11-9-21(32)10-12-22/h8-18H,4-7H2,1-3H3,(H,34,35). The van der Waals surface area contributed by atoms with Gasteiger partial charge in [0, 0.05) is 21.2 Å². The van der Waals surface area contributed by atoms with Gasteiger partial charge in [0.05, 0.1) is 23.4 Å². The van der Waals surface area contributed by atoms with E-state index in [1.54, 1.807) is 53.9 Å². The van der Waals surface area contributed by atoms with Crippen LogP contribution >= 0.6 is 22.9 Å². The molecule has 0 aliphatic heterocycles. The summed E-state index contributed by atoms with van der Waals surface area (Å²) in [5.74, 6) is 0.726. The van der Waals surface area contributed by atoms with Gasteiger partial charge in [0.15, 0.2) is 0 Å². The van der Waals surface area contributed by atoms with Crippen molar-refractivity contribution in [3.8, 4) is 11.3 Å². The molecule has 1 aliphatic rings. The summed E-state index contributed by atoms with van der Waals surface area (Å²) in [5.41, 5.74) is 4.70. The summed E-state index contributed by atoms with van der Waals surface area (Å²) in [6.07, 6.45) is 5.48. The van der Waals surface area contributed by atoms with Crippen LogP contribution in [0.5, 0.6) is 0 Å². The monoisotopic (exact) mass is 560 g/mol. The van der Waals surface area contributed by atoms with E-state index in [0.29, 0.717) is 38.4 Å². The van der Waals surface area contributed by atoms with Crippen molar-refractivity contribution in [2.24, 2.45) is 4.99 Å². The van der Waals surface area contributed by atoms with Gasteiger partial charge in [-0.25, -0.2) is 9.79 Å². The van der Waals surface area contributed by atoms with E-state index in [2.05, 4.69) is 5.32 Å². The zero-order chi connectivity index (χ0) is 27.5. The van der Waals surface area contributed by atoms with Gasteiger partial charge in [-0.15, -0.1) is 11.3 Å². The zero-order valence-corrected chi connectivity index (χ0v) is 23.6. The Kier molecular flexibility index (Phi) is 8.00. The third kappa shape index (κ3) is 6.15. The average molecular weight is 561 g/mol. The number of esters is 1. The number of aliphatic imine (C=N–C) groups is 1. The summed E-state index contributed by atoms with van der Waals surface area (Å²) in [6.45, 7) is 5.58. The van der Waals surface area contributed by atoms with Crippen molar-refractivity contribution in [3.63, 3.8) is 0 Å². The predicted octanol–water partition coefficient (Wildman–Crippen LogP) is 8.42. The minimum Gasteiger partial charge on any atom is -0.459 e. The maximum Gasteiger partial charge on any atom is 0.338 e. The number of amides is 1. The van der Waals surface area contributed by atoms with E-state index in [0.717, 1.165) is 42.4 Å². The Labute approximate surface area is 236 Å². The Morgan fingerprint density at radius 3 is 2.59 bits per heavy atom. The van der Waals surface area contributed by atoms with Crippen LogP contribution in [0.25, 0.3) is 11.3 Å². The van der Waals surface area contributed by atoms with Crippen molar-refractivity contribution in [2.75, 3.05) is 5.32 Å². The predicted molar refractivity (Wildman–Crippen MR) is 157 cm³/mol. The van der Waals surface area contributed by atoms with Gasteiger partial charge in [-0.2, -0.15) is 0 Å². The second-order valence-corrected chi connectivity index (χ2v) is 11.3. The minimum absolute atomic E-state index is 0.171. The van der Waals surface area contributed by atoms with Gasteiger partial charge >= 0.3 is 5.97 Å². The summed E-state index contributed by atoms with van der Waals surface area (Å²) < 4.78 is 11.4. The van der Waals surface area contributed by atoms with Crippen molar-refractivity contribution < 1.29 is 18.7 Å². The summed E-state index contributed by atoms with van der Waals surface area (Å²) in [5, 5.41) is 4.28. The van der Waals surface area contributed by atoms with E-state index in [-0.39, 0.29) is 18.0 Å². The second kappa shape index (κ2) is 11.6. The van der Waals surface area contributed by atoms with Crippen LogP contribution in [0.15, 0.2) is 64.0 Å². The van der Waals surface area contributed by atoms with Crippen LogP contribution in [-0.2, 0) is 17.6 Å². The molecule has 6 nitrogen and oxygen atoms in total. The number of thiophene rings is 1. The molecule has 0 radical (unpaired) electrons. The zero-order valence-electron chi connectivity index (χ0n) is 22.0.